The Morgan fingerprint density at radius 1 is 1.13 bits per heavy atom. The van der Waals surface area contributed by atoms with Gasteiger partial charge in [-0.2, -0.15) is 0 Å². The lowest BCUT2D eigenvalue weighted by atomic mass is 9.97. The van der Waals surface area contributed by atoms with Crippen molar-refractivity contribution in [2.45, 2.75) is 32.1 Å². The van der Waals surface area contributed by atoms with E-state index < -0.39 is 5.91 Å². The molecule has 31 heavy (non-hydrogen) atoms. The fourth-order valence-corrected chi connectivity index (χ4v) is 3.82. The van der Waals surface area contributed by atoms with Crippen molar-refractivity contribution in [1.29, 1.82) is 0 Å². The van der Waals surface area contributed by atoms with Gasteiger partial charge in [0.05, 0.1) is 5.69 Å². The number of hydrogen-bond acceptors (Lipinski definition) is 3. The van der Waals surface area contributed by atoms with E-state index in [9.17, 15) is 14.0 Å². The molecule has 0 bridgehead atoms. The lowest BCUT2D eigenvalue weighted by Crippen LogP contribution is -2.44. The Labute approximate surface area is 181 Å². The van der Waals surface area contributed by atoms with Gasteiger partial charge in [0.1, 0.15) is 12.4 Å². The van der Waals surface area contributed by atoms with Crippen molar-refractivity contribution in [3.63, 3.8) is 0 Å². The van der Waals surface area contributed by atoms with Crippen molar-refractivity contribution >= 4 is 23.6 Å². The highest BCUT2D eigenvalue weighted by molar-refractivity contribution is 6.12. The van der Waals surface area contributed by atoms with Crippen LogP contribution in [-0.2, 0) is 9.59 Å². The van der Waals surface area contributed by atoms with Crippen molar-refractivity contribution in [2.24, 2.45) is 0 Å². The largest absolute Gasteiger partial charge is 0.449 e. The van der Waals surface area contributed by atoms with Crippen LogP contribution in [0.1, 0.15) is 37.7 Å². The van der Waals surface area contributed by atoms with E-state index in [0.717, 1.165) is 19.3 Å². The number of allylic oxidation sites excluding steroid dienone is 1. The number of benzene rings is 2. The standard InChI is InChI=1S/C25H25FN2O3/c26-20-12-10-19(11-13-20)16-23-25(30)28(21-8-4-5-9-22(21)31-23)17-24(29)27-15-14-18-6-2-1-3-7-18/h4-6,8-13,16H,1-3,7,14-15,17H2,(H,27,29). The predicted molar refractivity (Wildman–Crippen MR) is 118 cm³/mol. The van der Waals surface area contributed by atoms with Crippen LogP contribution in [0.4, 0.5) is 10.1 Å². The topological polar surface area (TPSA) is 58.6 Å². The monoisotopic (exact) mass is 420 g/mol. The molecular formula is C25H25FN2O3. The predicted octanol–water partition coefficient (Wildman–Crippen LogP) is 4.60. The smallest absolute Gasteiger partial charge is 0.294 e. The number of carbonyl (C=O) groups is 2. The Bertz CT molecular complexity index is 1030. The highest BCUT2D eigenvalue weighted by atomic mass is 19.1. The molecule has 0 spiro atoms. The van der Waals surface area contributed by atoms with Gasteiger partial charge < -0.3 is 10.1 Å². The highest BCUT2D eigenvalue weighted by Gasteiger charge is 2.31. The molecule has 0 saturated carbocycles. The van der Waals surface area contributed by atoms with Gasteiger partial charge in [0.25, 0.3) is 5.91 Å². The van der Waals surface area contributed by atoms with Gasteiger partial charge in [-0.1, -0.05) is 35.9 Å². The minimum atomic E-state index is -0.409. The van der Waals surface area contributed by atoms with Gasteiger partial charge in [-0.3, -0.25) is 14.5 Å². The van der Waals surface area contributed by atoms with Crippen molar-refractivity contribution in [3.05, 3.63) is 77.3 Å². The maximum Gasteiger partial charge on any atom is 0.294 e. The summed E-state index contributed by atoms with van der Waals surface area (Å²) < 4.78 is 19.0. The third-order valence-corrected chi connectivity index (χ3v) is 5.45. The Morgan fingerprint density at radius 3 is 2.71 bits per heavy atom. The molecule has 1 aliphatic heterocycles. The molecule has 4 rings (SSSR count). The third-order valence-electron chi connectivity index (χ3n) is 5.45. The number of nitrogens with zero attached hydrogens (tertiary/aromatic N) is 1. The number of halogens is 1. The summed E-state index contributed by atoms with van der Waals surface area (Å²) in [6.07, 6.45) is 9.33. The normalized spacial score (nSPS) is 17.1. The van der Waals surface area contributed by atoms with E-state index in [1.54, 1.807) is 42.5 Å². The summed E-state index contributed by atoms with van der Waals surface area (Å²) >= 11 is 0. The first-order valence-electron chi connectivity index (χ1n) is 10.6. The molecule has 0 saturated heterocycles. The van der Waals surface area contributed by atoms with E-state index in [4.69, 9.17) is 4.74 Å². The first-order valence-corrected chi connectivity index (χ1v) is 10.6. The fraction of sp³-hybridized carbons (Fsp3) is 0.280. The van der Waals surface area contributed by atoms with Crippen LogP contribution in [0.5, 0.6) is 5.75 Å². The van der Waals surface area contributed by atoms with Gasteiger partial charge >= 0.3 is 0 Å². The zero-order chi connectivity index (χ0) is 21.6. The molecule has 2 aromatic carbocycles. The Hall–Kier alpha value is -3.41. The first kappa shape index (κ1) is 20.8. The van der Waals surface area contributed by atoms with Gasteiger partial charge in [-0.15, -0.1) is 0 Å². The Kier molecular flexibility index (Phi) is 6.46. The van der Waals surface area contributed by atoms with Crippen molar-refractivity contribution in [3.8, 4) is 5.75 Å². The average Bonchev–Trinajstić information content (AvgIpc) is 2.79. The van der Waals surface area contributed by atoms with Gasteiger partial charge in [-0.05, 0) is 68.0 Å². The van der Waals surface area contributed by atoms with E-state index in [1.807, 2.05) is 0 Å². The summed E-state index contributed by atoms with van der Waals surface area (Å²) in [6, 6.07) is 12.9. The lowest BCUT2D eigenvalue weighted by Gasteiger charge is -2.30. The second-order valence-corrected chi connectivity index (χ2v) is 7.73. The minimum Gasteiger partial charge on any atom is -0.449 e. The summed E-state index contributed by atoms with van der Waals surface area (Å²) in [5, 5.41) is 2.92. The summed E-state index contributed by atoms with van der Waals surface area (Å²) in [5.41, 5.74) is 2.58. The lowest BCUT2D eigenvalue weighted by molar-refractivity contribution is -0.123. The average molecular weight is 420 g/mol. The third kappa shape index (κ3) is 5.20. The first-order chi connectivity index (χ1) is 15.1. The SMILES string of the molecule is O=C(CN1C(=O)C(=Cc2ccc(F)cc2)Oc2ccccc21)NCCC1=CCCCC1. The molecule has 1 aliphatic carbocycles. The van der Waals surface area contributed by atoms with Crippen LogP contribution in [0.3, 0.4) is 0 Å². The zero-order valence-corrected chi connectivity index (χ0v) is 17.3. The molecule has 2 aliphatic rings. The second kappa shape index (κ2) is 9.60. The van der Waals surface area contributed by atoms with Crippen LogP contribution in [0, 0.1) is 5.82 Å². The molecule has 2 amide bonds. The zero-order valence-electron chi connectivity index (χ0n) is 17.3. The quantitative estimate of drug-likeness (QED) is 0.549. The highest BCUT2D eigenvalue weighted by Crippen LogP contribution is 2.35. The molecule has 1 heterocycles. The van der Waals surface area contributed by atoms with Gasteiger partial charge in [0, 0.05) is 6.54 Å². The van der Waals surface area contributed by atoms with Crippen LogP contribution in [-0.4, -0.2) is 24.9 Å². The second-order valence-electron chi connectivity index (χ2n) is 7.73. The van der Waals surface area contributed by atoms with Crippen LogP contribution in [0.25, 0.3) is 6.08 Å². The summed E-state index contributed by atoms with van der Waals surface area (Å²) in [4.78, 5) is 27.1. The van der Waals surface area contributed by atoms with Crippen molar-refractivity contribution < 1.29 is 18.7 Å². The van der Waals surface area contributed by atoms with Crippen LogP contribution < -0.4 is 15.0 Å². The van der Waals surface area contributed by atoms with Crippen LogP contribution >= 0.6 is 0 Å². The number of para-hydroxylation sites is 2. The van der Waals surface area contributed by atoms with E-state index in [1.165, 1.54) is 35.4 Å². The molecule has 6 heteroatoms. The Morgan fingerprint density at radius 2 is 1.94 bits per heavy atom. The molecule has 160 valence electrons. The van der Waals surface area contributed by atoms with E-state index >= 15 is 0 Å². The number of ether oxygens (including phenoxy) is 1. The molecule has 0 atom stereocenters. The van der Waals surface area contributed by atoms with Gasteiger partial charge in [0.2, 0.25) is 5.91 Å². The molecule has 0 aromatic heterocycles. The number of amides is 2. The van der Waals surface area contributed by atoms with E-state index in [0.29, 0.717) is 23.5 Å². The number of nitrogens with one attached hydrogen (secondary N) is 1. The number of hydrogen-bond donors (Lipinski definition) is 1. The van der Waals surface area contributed by atoms with Crippen molar-refractivity contribution in [2.75, 3.05) is 18.0 Å². The minimum absolute atomic E-state index is 0.0884. The fourth-order valence-electron chi connectivity index (χ4n) is 3.82. The molecule has 1 N–H and O–H groups in total. The van der Waals surface area contributed by atoms with E-state index in [-0.39, 0.29) is 24.0 Å². The Balaban J connectivity index is 1.47. The molecule has 2 aromatic rings. The summed E-state index contributed by atoms with van der Waals surface area (Å²) in [5.74, 6) is -0.400. The number of fused-ring (bicyclic) bond motifs is 1. The van der Waals surface area contributed by atoms with E-state index in [2.05, 4.69) is 11.4 Å². The molecule has 0 fully saturated rings. The maximum absolute atomic E-state index is 13.2. The van der Waals surface area contributed by atoms with Gasteiger partial charge in [0.15, 0.2) is 11.5 Å². The number of anilines is 1. The molecule has 0 radical (unpaired) electrons. The summed E-state index contributed by atoms with van der Waals surface area (Å²) in [7, 11) is 0. The van der Waals surface area contributed by atoms with Crippen LogP contribution in [0.15, 0.2) is 65.9 Å². The molecular weight excluding hydrogens is 395 g/mol. The molecule has 5 nitrogen and oxygen atoms in total. The van der Waals surface area contributed by atoms with Crippen LogP contribution in [0.2, 0.25) is 0 Å². The number of rotatable bonds is 6. The maximum atomic E-state index is 13.2. The van der Waals surface area contributed by atoms with Crippen molar-refractivity contribution in [1.82, 2.24) is 5.32 Å². The molecule has 0 unspecified atom stereocenters. The number of carbonyl (C=O) groups excluding carboxylic acids is 2. The van der Waals surface area contributed by atoms with Gasteiger partial charge in [-0.25, -0.2) is 4.39 Å². The summed E-state index contributed by atoms with van der Waals surface area (Å²) in [6.45, 7) is 0.460.